The Labute approximate surface area is 127 Å². The third-order valence-electron chi connectivity index (χ3n) is 3.14. The third kappa shape index (κ3) is 2.85. The summed E-state index contributed by atoms with van der Waals surface area (Å²) in [5, 5.41) is 3.66. The van der Waals surface area contributed by atoms with Crippen LogP contribution in [0.2, 0.25) is 0 Å². The van der Waals surface area contributed by atoms with Crippen LogP contribution in [0.3, 0.4) is 0 Å². The maximum atomic E-state index is 12.7. The first-order chi connectivity index (χ1) is 10.9. The van der Waals surface area contributed by atoms with E-state index >= 15 is 0 Å². The molecule has 9 heteroatoms. The first-order valence-electron chi connectivity index (χ1n) is 6.40. The van der Waals surface area contributed by atoms with Crippen LogP contribution in [0, 0.1) is 0 Å². The number of hydrogen-bond acceptors (Lipinski definition) is 5. The van der Waals surface area contributed by atoms with Crippen molar-refractivity contribution >= 4 is 0 Å². The van der Waals surface area contributed by atoms with Crippen molar-refractivity contribution in [1.82, 2.24) is 19.7 Å². The molecule has 0 spiro atoms. The third-order valence-corrected chi connectivity index (χ3v) is 3.14. The Morgan fingerprint density at radius 3 is 2.74 bits per heavy atom. The van der Waals surface area contributed by atoms with Crippen molar-refractivity contribution in [2.75, 3.05) is 0 Å². The fraction of sp³-hybridized carbons (Fsp3) is 0.143. The van der Waals surface area contributed by atoms with Gasteiger partial charge in [0.25, 0.3) is 11.4 Å². The van der Waals surface area contributed by atoms with Crippen molar-refractivity contribution in [2.45, 2.75) is 6.18 Å². The second-order valence-electron chi connectivity index (χ2n) is 4.66. The highest BCUT2D eigenvalue weighted by Crippen LogP contribution is 2.30. The van der Waals surface area contributed by atoms with E-state index in [9.17, 15) is 18.0 Å². The molecule has 0 aromatic carbocycles. The Bertz CT molecular complexity index is 915. The zero-order valence-corrected chi connectivity index (χ0v) is 11.7. The second-order valence-corrected chi connectivity index (χ2v) is 4.66. The molecule has 0 saturated carbocycles. The summed E-state index contributed by atoms with van der Waals surface area (Å²) < 4.78 is 44.4. The Hall–Kier alpha value is -2.97. The van der Waals surface area contributed by atoms with Crippen LogP contribution in [0.15, 0.2) is 45.8 Å². The lowest BCUT2D eigenvalue weighted by Crippen LogP contribution is -2.16. The summed E-state index contributed by atoms with van der Waals surface area (Å²) in [7, 11) is 1.52. The summed E-state index contributed by atoms with van der Waals surface area (Å²) in [5.74, 6) is 0.00905. The number of aromatic nitrogens is 4. The second kappa shape index (κ2) is 5.34. The molecule has 0 fully saturated rings. The minimum absolute atomic E-state index is 0.0239. The van der Waals surface area contributed by atoms with E-state index in [-0.39, 0.29) is 22.8 Å². The van der Waals surface area contributed by atoms with E-state index in [1.807, 2.05) is 0 Å². The van der Waals surface area contributed by atoms with Crippen LogP contribution in [0.5, 0.6) is 0 Å². The highest BCUT2D eigenvalue weighted by Gasteiger charge is 2.32. The number of rotatable bonds is 2. The van der Waals surface area contributed by atoms with Crippen LogP contribution in [0.1, 0.15) is 5.69 Å². The van der Waals surface area contributed by atoms with Gasteiger partial charge in [-0.1, -0.05) is 11.2 Å². The van der Waals surface area contributed by atoms with Crippen molar-refractivity contribution in [3.8, 4) is 23.0 Å². The molecule has 118 valence electrons. The Kier molecular flexibility index (Phi) is 3.47. The van der Waals surface area contributed by atoms with E-state index in [0.717, 1.165) is 12.3 Å². The van der Waals surface area contributed by atoms with Crippen LogP contribution < -0.4 is 5.56 Å². The average Bonchev–Trinajstić information content (AvgIpc) is 2.99. The van der Waals surface area contributed by atoms with Gasteiger partial charge in [-0.25, -0.2) is 0 Å². The number of hydrogen-bond donors (Lipinski definition) is 0. The normalized spacial score (nSPS) is 11.7. The molecule has 0 aliphatic rings. The SMILES string of the molecule is Cn1c(-c2nc(-c3ccnc(C(F)(F)F)c3)no2)cccc1=O. The van der Waals surface area contributed by atoms with Gasteiger partial charge >= 0.3 is 6.18 Å². The summed E-state index contributed by atoms with van der Waals surface area (Å²) in [4.78, 5) is 18.9. The predicted octanol–water partition coefficient (Wildman–Crippen LogP) is 2.52. The molecular formula is C14H9F3N4O2. The summed E-state index contributed by atoms with van der Waals surface area (Å²) in [6.07, 6.45) is -3.54. The van der Waals surface area contributed by atoms with Crippen LogP contribution in [0.4, 0.5) is 13.2 Å². The van der Waals surface area contributed by atoms with E-state index in [1.54, 1.807) is 6.07 Å². The quantitative estimate of drug-likeness (QED) is 0.725. The van der Waals surface area contributed by atoms with Gasteiger partial charge in [-0.15, -0.1) is 0 Å². The molecule has 0 unspecified atom stereocenters. The minimum Gasteiger partial charge on any atom is -0.332 e. The van der Waals surface area contributed by atoms with Gasteiger partial charge in [0.15, 0.2) is 0 Å². The number of alkyl halides is 3. The van der Waals surface area contributed by atoms with Crippen LogP contribution in [0.25, 0.3) is 23.0 Å². The smallest absolute Gasteiger partial charge is 0.332 e. The zero-order valence-electron chi connectivity index (χ0n) is 11.7. The lowest BCUT2D eigenvalue weighted by molar-refractivity contribution is -0.141. The van der Waals surface area contributed by atoms with Crippen molar-refractivity contribution < 1.29 is 17.7 Å². The van der Waals surface area contributed by atoms with Crippen molar-refractivity contribution in [3.63, 3.8) is 0 Å². The van der Waals surface area contributed by atoms with Crippen molar-refractivity contribution in [1.29, 1.82) is 0 Å². The van der Waals surface area contributed by atoms with E-state index in [0.29, 0.717) is 5.69 Å². The molecule has 3 heterocycles. The van der Waals surface area contributed by atoms with Gasteiger partial charge in [-0.3, -0.25) is 9.78 Å². The van der Waals surface area contributed by atoms with Gasteiger partial charge in [0, 0.05) is 24.9 Å². The fourth-order valence-corrected chi connectivity index (χ4v) is 1.95. The van der Waals surface area contributed by atoms with Crippen LogP contribution in [-0.4, -0.2) is 19.7 Å². The predicted molar refractivity (Wildman–Crippen MR) is 73.2 cm³/mol. The molecule has 3 aromatic heterocycles. The van der Waals surface area contributed by atoms with Gasteiger partial charge < -0.3 is 9.09 Å². The maximum absolute atomic E-state index is 12.7. The molecular weight excluding hydrogens is 313 g/mol. The monoisotopic (exact) mass is 322 g/mol. The molecule has 0 saturated heterocycles. The van der Waals surface area contributed by atoms with E-state index in [4.69, 9.17) is 4.52 Å². The van der Waals surface area contributed by atoms with E-state index in [1.165, 1.54) is 29.8 Å². The van der Waals surface area contributed by atoms with Crippen LogP contribution >= 0.6 is 0 Å². The van der Waals surface area contributed by atoms with Gasteiger partial charge in [-0.05, 0) is 18.2 Å². The lowest BCUT2D eigenvalue weighted by atomic mass is 10.2. The van der Waals surface area contributed by atoms with Crippen LogP contribution in [-0.2, 0) is 13.2 Å². The molecule has 3 rings (SSSR count). The van der Waals surface area contributed by atoms with Gasteiger partial charge in [0.2, 0.25) is 5.82 Å². The Morgan fingerprint density at radius 1 is 1.22 bits per heavy atom. The lowest BCUT2D eigenvalue weighted by Gasteiger charge is -2.05. The molecule has 6 nitrogen and oxygen atoms in total. The molecule has 0 N–H and O–H groups in total. The molecule has 0 aliphatic carbocycles. The van der Waals surface area contributed by atoms with Gasteiger partial charge in [-0.2, -0.15) is 18.2 Å². The fourth-order valence-electron chi connectivity index (χ4n) is 1.95. The van der Waals surface area contributed by atoms with E-state index in [2.05, 4.69) is 15.1 Å². The molecule has 0 aliphatic heterocycles. The van der Waals surface area contributed by atoms with Crippen molar-refractivity contribution in [2.24, 2.45) is 7.05 Å². The first-order valence-corrected chi connectivity index (χ1v) is 6.40. The minimum atomic E-state index is -4.56. The number of nitrogens with zero attached hydrogens (tertiary/aromatic N) is 4. The molecule has 0 amide bonds. The maximum Gasteiger partial charge on any atom is 0.433 e. The summed E-state index contributed by atoms with van der Waals surface area (Å²) in [6, 6.07) is 6.65. The number of pyridine rings is 2. The standard InChI is InChI=1S/C14H9F3N4O2/c1-21-9(3-2-4-11(21)22)13-19-12(20-23-13)8-5-6-18-10(7-8)14(15,16)17/h2-7H,1H3. The topological polar surface area (TPSA) is 73.8 Å². The Morgan fingerprint density at radius 2 is 2.00 bits per heavy atom. The molecule has 3 aromatic rings. The first kappa shape index (κ1) is 14.9. The zero-order chi connectivity index (χ0) is 16.6. The Balaban J connectivity index is 2.03. The molecule has 0 bridgehead atoms. The van der Waals surface area contributed by atoms with Crippen molar-refractivity contribution in [3.05, 3.63) is 52.6 Å². The summed E-state index contributed by atoms with van der Waals surface area (Å²) >= 11 is 0. The average molecular weight is 322 g/mol. The molecule has 0 radical (unpaired) electrons. The van der Waals surface area contributed by atoms with E-state index < -0.39 is 11.9 Å². The van der Waals surface area contributed by atoms with Gasteiger partial charge in [0.1, 0.15) is 11.4 Å². The molecule has 0 atom stereocenters. The highest BCUT2D eigenvalue weighted by molar-refractivity contribution is 5.58. The van der Waals surface area contributed by atoms with Gasteiger partial charge in [0.05, 0.1) is 0 Å². The summed E-state index contributed by atoms with van der Waals surface area (Å²) in [5.41, 5.74) is -0.844. The molecule has 23 heavy (non-hydrogen) atoms. The summed E-state index contributed by atoms with van der Waals surface area (Å²) in [6.45, 7) is 0. The number of halogens is 3. The largest absolute Gasteiger partial charge is 0.433 e. The highest BCUT2D eigenvalue weighted by atomic mass is 19.4.